The number of amides is 1. The highest BCUT2D eigenvalue weighted by Crippen LogP contribution is 2.32. The van der Waals surface area contributed by atoms with E-state index in [1.807, 2.05) is 37.4 Å². The largest absolute Gasteiger partial charge is 0.454 e. The van der Waals surface area contributed by atoms with Gasteiger partial charge in [0.25, 0.3) is 0 Å². The average molecular weight is 298 g/mol. The number of aryl methyl sites for hydroxylation is 1. The number of rotatable bonds is 5. The lowest BCUT2D eigenvalue weighted by Gasteiger charge is -2.17. The highest BCUT2D eigenvalue weighted by atomic mass is 16.7. The first-order valence-electron chi connectivity index (χ1n) is 7.24. The summed E-state index contributed by atoms with van der Waals surface area (Å²) in [5.41, 5.74) is 2.11. The summed E-state index contributed by atoms with van der Waals surface area (Å²) in [5, 5.41) is 0. The number of carbonyl (C=O) groups is 1. The van der Waals surface area contributed by atoms with Gasteiger partial charge in [0, 0.05) is 32.4 Å². The number of hydrogen-bond acceptors (Lipinski definition) is 4. The molecule has 0 radical (unpaired) electrons. The van der Waals surface area contributed by atoms with Gasteiger partial charge in [0.15, 0.2) is 11.5 Å². The van der Waals surface area contributed by atoms with Crippen LogP contribution in [0.25, 0.3) is 0 Å². The van der Waals surface area contributed by atoms with Crippen molar-refractivity contribution in [3.63, 3.8) is 0 Å². The SMILES string of the molecule is CN(Cc1ccc2c(c1)OCO2)C(=O)CCc1cccnc1. The molecule has 114 valence electrons. The molecule has 0 saturated heterocycles. The third-order valence-corrected chi connectivity index (χ3v) is 3.63. The summed E-state index contributed by atoms with van der Waals surface area (Å²) in [7, 11) is 1.82. The van der Waals surface area contributed by atoms with E-state index < -0.39 is 0 Å². The summed E-state index contributed by atoms with van der Waals surface area (Å²) in [4.78, 5) is 18.0. The van der Waals surface area contributed by atoms with Crippen LogP contribution in [-0.4, -0.2) is 29.6 Å². The summed E-state index contributed by atoms with van der Waals surface area (Å²) >= 11 is 0. The third-order valence-electron chi connectivity index (χ3n) is 3.63. The maximum atomic E-state index is 12.2. The number of benzene rings is 1. The molecule has 2 heterocycles. The Kier molecular flexibility index (Phi) is 4.23. The van der Waals surface area contributed by atoms with Gasteiger partial charge in [-0.2, -0.15) is 0 Å². The molecule has 1 aromatic carbocycles. The van der Waals surface area contributed by atoms with Crippen molar-refractivity contribution in [1.82, 2.24) is 9.88 Å². The van der Waals surface area contributed by atoms with Crippen molar-refractivity contribution in [1.29, 1.82) is 0 Å². The van der Waals surface area contributed by atoms with Gasteiger partial charge in [0.1, 0.15) is 0 Å². The van der Waals surface area contributed by atoms with Crippen LogP contribution >= 0.6 is 0 Å². The van der Waals surface area contributed by atoms with Crippen molar-refractivity contribution in [3.05, 3.63) is 53.9 Å². The molecule has 0 fully saturated rings. The predicted octanol–water partition coefficient (Wildman–Crippen LogP) is 2.40. The van der Waals surface area contributed by atoms with E-state index in [1.165, 1.54) is 0 Å². The van der Waals surface area contributed by atoms with Crippen molar-refractivity contribution in [2.45, 2.75) is 19.4 Å². The molecule has 1 aromatic heterocycles. The molecular formula is C17H18N2O3. The number of nitrogens with zero attached hydrogens (tertiary/aromatic N) is 2. The van der Waals surface area contributed by atoms with Gasteiger partial charge in [-0.25, -0.2) is 0 Å². The Bertz CT molecular complexity index is 658. The minimum Gasteiger partial charge on any atom is -0.454 e. The Morgan fingerprint density at radius 1 is 1.23 bits per heavy atom. The van der Waals surface area contributed by atoms with Gasteiger partial charge in [0.2, 0.25) is 12.7 Å². The first-order chi connectivity index (χ1) is 10.7. The lowest BCUT2D eigenvalue weighted by molar-refractivity contribution is -0.130. The standard InChI is InChI=1S/C17H18N2O3/c1-19(17(20)7-5-13-3-2-8-18-10-13)11-14-4-6-15-16(9-14)22-12-21-15/h2-4,6,8-10H,5,7,11-12H2,1H3. The second-order valence-corrected chi connectivity index (χ2v) is 5.30. The van der Waals surface area contributed by atoms with E-state index in [-0.39, 0.29) is 12.7 Å². The second-order valence-electron chi connectivity index (χ2n) is 5.30. The highest BCUT2D eigenvalue weighted by Gasteiger charge is 2.15. The molecule has 22 heavy (non-hydrogen) atoms. The molecule has 1 aliphatic rings. The lowest BCUT2D eigenvalue weighted by atomic mass is 10.1. The van der Waals surface area contributed by atoms with Gasteiger partial charge in [0.05, 0.1) is 0 Å². The summed E-state index contributed by atoms with van der Waals surface area (Å²) in [6, 6.07) is 9.63. The monoisotopic (exact) mass is 298 g/mol. The van der Waals surface area contributed by atoms with Crippen LogP contribution in [0.15, 0.2) is 42.7 Å². The van der Waals surface area contributed by atoms with Gasteiger partial charge in [-0.05, 0) is 35.7 Å². The van der Waals surface area contributed by atoms with Crippen LogP contribution in [-0.2, 0) is 17.8 Å². The normalized spacial score (nSPS) is 12.2. The molecule has 5 nitrogen and oxygen atoms in total. The number of hydrogen-bond donors (Lipinski definition) is 0. The van der Waals surface area contributed by atoms with Crippen LogP contribution in [0.5, 0.6) is 11.5 Å². The zero-order chi connectivity index (χ0) is 15.4. The van der Waals surface area contributed by atoms with Crippen LogP contribution in [0.3, 0.4) is 0 Å². The maximum absolute atomic E-state index is 12.2. The molecule has 0 aliphatic carbocycles. The molecule has 0 atom stereocenters. The van der Waals surface area contributed by atoms with Crippen LogP contribution in [0.1, 0.15) is 17.5 Å². The van der Waals surface area contributed by atoms with E-state index in [2.05, 4.69) is 4.98 Å². The molecule has 0 unspecified atom stereocenters. The fourth-order valence-electron chi connectivity index (χ4n) is 2.39. The van der Waals surface area contributed by atoms with E-state index in [0.29, 0.717) is 19.4 Å². The highest BCUT2D eigenvalue weighted by molar-refractivity contribution is 5.76. The molecule has 1 aliphatic heterocycles. The summed E-state index contributed by atoms with van der Waals surface area (Å²) in [5.74, 6) is 1.62. The fraction of sp³-hybridized carbons (Fsp3) is 0.294. The van der Waals surface area contributed by atoms with Gasteiger partial charge in [-0.1, -0.05) is 12.1 Å². The number of carbonyl (C=O) groups excluding carboxylic acids is 1. The van der Waals surface area contributed by atoms with Crippen molar-refractivity contribution in [3.8, 4) is 11.5 Å². The van der Waals surface area contributed by atoms with E-state index >= 15 is 0 Å². The van der Waals surface area contributed by atoms with E-state index in [1.54, 1.807) is 17.3 Å². The number of fused-ring (bicyclic) bond motifs is 1. The first kappa shape index (κ1) is 14.4. The Labute approximate surface area is 129 Å². The van der Waals surface area contributed by atoms with E-state index in [4.69, 9.17) is 9.47 Å². The Morgan fingerprint density at radius 3 is 2.91 bits per heavy atom. The summed E-state index contributed by atoms with van der Waals surface area (Å²) in [6.07, 6.45) is 4.72. The predicted molar refractivity (Wildman–Crippen MR) is 81.6 cm³/mol. The molecule has 0 bridgehead atoms. The van der Waals surface area contributed by atoms with Crippen molar-refractivity contribution < 1.29 is 14.3 Å². The van der Waals surface area contributed by atoms with Crippen molar-refractivity contribution in [2.24, 2.45) is 0 Å². The van der Waals surface area contributed by atoms with Crippen molar-refractivity contribution >= 4 is 5.91 Å². The van der Waals surface area contributed by atoms with Crippen LogP contribution in [0.2, 0.25) is 0 Å². The molecular weight excluding hydrogens is 280 g/mol. The zero-order valence-corrected chi connectivity index (χ0v) is 12.5. The Balaban J connectivity index is 1.55. The third kappa shape index (κ3) is 3.36. The summed E-state index contributed by atoms with van der Waals surface area (Å²) < 4.78 is 10.6. The topological polar surface area (TPSA) is 51.7 Å². The van der Waals surface area contributed by atoms with Crippen LogP contribution < -0.4 is 9.47 Å². The minimum absolute atomic E-state index is 0.113. The zero-order valence-electron chi connectivity index (χ0n) is 12.5. The average Bonchev–Trinajstić information content (AvgIpc) is 3.01. The molecule has 5 heteroatoms. The van der Waals surface area contributed by atoms with E-state index in [0.717, 1.165) is 22.6 Å². The van der Waals surface area contributed by atoms with E-state index in [9.17, 15) is 4.79 Å². The second kappa shape index (κ2) is 6.47. The minimum atomic E-state index is 0.113. The molecule has 2 aromatic rings. The van der Waals surface area contributed by atoms with Crippen molar-refractivity contribution in [2.75, 3.05) is 13.8 Å². The molecule has 0 N–H and O–H groups in total. The van der Waals surface area contributed by atoms with Gasteiger partial charge in [-0.3, -0.25) is 9.78 Å². The summed E-state index contributed by atoms with van der Waals surface area (Å²) in [6.45, 7) is 0.821. The van der Waals surface area contributed by atoms with Crippen LogP contribution in [0, 0.1) is 0 Å². The number of pyridine rings is 1. The fourth-order valence-corrected chi connectivity index (χ4v) is 2.39. The molecule has 3 rings (SSSR count). The van der Waals surface area contributed by atoms with Crippen LogP contribution in [0.4, 0.5) is 0 Å². The molecule has 0 spiro atoms. The smallest absolute Gasteiger partial charge is 0.231 e. The first-order valence-corrected chi connectivity index (χ1v) is 7.24. The van der Waals surface area contributed by atoms with Gasteiger partial charge < -0.3 is 14.4 Å². The Morgan fingerprint density at radius 2 is 2.09 bits per heavy atom. The Hall–Kier alpha value is -2.56. The van der Waals surface area contributed by atoms with Gasteiger partial charge >= 0.3 is 0 Å². The van der Waals surface area contributed by atoms with Gasteiger partial charge in [-0.15, -0.1) is 0 Å². The molecule has 1 amide bonds. The number of ether oxygens (including phenoxy) is 2. The quantitative estimate of drug-likeness (QED) is 0.850. The maximum Gasteiger partial charge on any atom is 0.231 e. The number of aromatic nitrogens is 1. The molecule has 0 saturated carbocycles. The lowest BCUT2D eigenvalue weighted by Crippen LogP contribution is -2.26.